The number of rotatable bonds is 11. The normalized spacial score (nSPS) is 12.1. The first-order valence-corrected chi connectivity index (χ1v) is 10.4. The molecule has 0 unspecified atom stereocenters. The number of halogens is 1. The minimum Gasteiger partial charge on any atom is -0.382 e. The standard InChI is InChI=1S/C17H29FN4O3S/c1-4-19-17(20-9-6-11-25-5-2)21-10-12-26(23,24)22-15-8-7-14(3)16(18)13-15/h7-8,13,22H,4-6,9-12H2,1-3H3,(H2,19,20,21). The van der Waals surface area contributed by atoms with Crippen molar-refractivity contribution in [3.05, 3.63) is 29.6 Å². The molecule has 0 amide bonds. The number of aryl methyl sites for hydroxylation is 1. The monoisotopic (exact) mass is 388 g/mol. The molecule has 1 aromatic carbocycles. The maximum Gasteiger partial charge on any atom is 0.234 e. The van der Waals surface area contributed by atoms with Crippen molar-refractivity contribution in [3.8, 4) is 0 Å². The van der Waals surface area contributed by atoms with Gasteiger partial charge in [0.25, 0.3) is 0 Å². The Bertz CT molecular complexity index is 681. The van der Waals surface area contributed by atoms with E-state index < -0.39 is 15.8 Å². The molecular formula is C17H29FN4O3S. The van der Waals surface area contributed by atoms with E-state index in [9.17, 15) is 12.8 Å². The van der Waals surface area contributed by atoms with Gasteiger partial charge in [-0.05, 0) is 44.9 Å². The van der Waals surface area contributed by atoms with Crippen molar-refractivity contribution in [1.29, 1.82) is 0 Å². The predicted molar refractivity (Wildman–Crippen MR) is 104 cm³/mol. The first kappa shape index (κ1) is 22.2. The van der Waals surface area contributed by atoms with E-state index in [0.29, 0.717) is 37.8 Å². The lowest BCUT2D eigenvalue weighted by Gasteiger charge is -2.12. The molecule has 0 saturated heterocycles. The lowest BCUT2D eigenvalue weighted by atomic mass is 10.2. The van der Waals surface area contributed by atoms with Gasteiger partial charge in [-0.1, -0.05) is 6.07 Å². The second-order valence-corrected chi connectivity index (χ2v) is 7.46. The molecular weight excluding hydrogens is 359 g/mol. The summed E-state index contributed by atoms with van der Waals surface area (Å²) in [5.74, 6) is -0.0520. The summed E-state index contributed by atoms with van der Waals surface area (Å²) in [6.07, 6.45) is 0.795. The van der Waals surface area contributed by atoms with E-state index in [1.807, 2.05) is 13.8 Å². The molecule has 0 fully saturated rings. The van der Waals surface area contributed by atoms with Crippen molar-refractivity contribution < 1.29 is 17.5 Å². The summed E-state index contributed by atoms with van der Waals surface area (Å²) < 4.78 is 45.4. The fraction of sp³-hybridized carbons (Fsp3) is 0.588. The maximum atomic E-state index is 13.5. The highest BCUT2D eigenvalue weighted by Gasteiger charge is 2.11. The van der Waals surface area contributed by atoms with Gasteiger partial charge in [-0.15, -0.1) is 0 Å². The smallest absolute Gasteiger partial charge is 0.234 e. The van der Waals surface area contributed by atoms with Crippen LogP contribution in [0.3, 0.4) is 0 Å². The van der Waals surface area contributed by atoms with E-state index in [-0.39, 0.29) is 18.0 Å². The molecule has 1 aromatic rings. The SMILES string of the molecule is CCNC(=NCCCOCC)NCCS(=O)(=O)Nc1ccc(C)c(F)c1. The summed E-state index contributed by atoms with van der Waals surface area (Å²) in [6.45, 7) is 8.25. The Hall–Kier alpha value is -1.87. The largest absolute Gasteiger partial charge is 0.382 e. The van der Waals surface area contributed by atoms with Gasteiger partial charge in [0.1, 0.15) is 5.82 Å². The number of hydrogen-bond donors (Lipinski definition) is 3. The van der Waals surface area contributed by atoms with Crippen molar-refractivity contribution in [2.24, 2.45) is 4.99 Å². The van der Waals surface area contributed by atoms with Crippen molar-refractivity contribution in [2.45, 2.75) is 27.2 Å². The van der Waals surface area contributed by atoms with E-state index in [0.717, 1.165) is 6.42 Å². The van der Waals surface area contributed by atoms with Crippen molar-refractivity contribution in [2.75, 3.05) is 43.3 Å². The van der Waals surface area contributed by atoms with Crippen LogP contribution in [0.5, 0.6) is 0 Å². The molecule has 0 bridgehead atoms. The number of aliphatic imine (C=N–C) groups is 1. The minimum absolute atomic E-state index is 0.161. The number of nitrogens with one attached hydrogen (secondary N) is 3. The molecule has 0 heterocycles. The molecule has 148 valence electrons. The quantitative estimate of drug-likeness (QED) is 0.306. The van der Waals surface area contributed by atoms with E-state index in [1.54, 1.807) is 6.92 Å². The Balaban J connectivity index is 2.48. The number of sulfonamides is 1. The second kappa shape index (κ2) is 11.7. The van der Waals surface area contributed by atoms with Crippen LogP contribution in [0.1, 0.15) is 25.8 Å². The predicted octanol–water partition coefficient (Wildman–Crippen LogP) is 1.86. The maximum absolute atomic E-state index is 13.5. The van der Waals surface area contributed by atoms with E-state index >= 15 is 0 Å². The first-order valence-electron chi connectivity index (χ1n) is 8.74. The lowest BCUT2D eigenvalue weighted by Crippen LogP contribution is -2.40. The summed E-state index contributed by atoms with van der Waals surface area (Å²) >= 11 is 0. The zero-order valence-electron chi connectivity index (χ0n) is 15.6. The Morgan fingerprint density at radius 2 is 2.04 bits per heavy atom. The van der Waals surface area contributed by atoms with Gasteiger partial charge in [0, 0.05) is 32.8 Å². The van der Waals surface area contributed by atoms with Crippen molar-refractivity contribution in [3.63, 3.8) is 0 Å². The van der Waals surface area contributed by atoms with Gasteiger partial charge in [-0.25, -0.2) is 12.8 Å². The molecule has 0 aromatic heterocycles. The van der Waals surface area contributed by atoms with Crippen LogP contribution in [0.25, 0.3) is 0 Å². The molecule has 0 atom stereocenters. The van der Waals surface area contributed by atoms with Gasteiger partial charge in [0.2, 0.25) is 10.0 Å². The highest BCUT2D eigenvalue weighted by molar-refractivity contribution is 7.92. The summed E-state index contributed by atoms with van der Waals surface area (Å²) in [7, 11) is -3.59. The third kappa shape index (κ3) is 9.00. The van der Waals surface area contributed by atoms with Gasteiger partial charge >= 0.3 is 0 Å². The number of benzene rings is 1. The molecule has 26 heavy (non-hydrogen) atoms. The van der Waals surface area contributed by atoms with E-state index in [4.69, 9.17) is 4.74 Å². The van der Waals surface area contributed by atoms with Gasteiger partial charge in [0.15, 0.2) is 5.96 Å². The highest BCUT2D eigenvalue weighted by Crippen LogP contribution is 2.14. The zero-order valence-corrected chi connectivity index (χ0v) is 16.5. The number of anilines is 1. The molecule has 1 rings (SSSR count). The summed E-state index contributed by atoms with van der Waals surface area (Å²) in [6, 6.07) is 4.24. The summed E-state index contributed by atoms with van der Waals surface area (Å²) in [4.78, 5) is 4.36. The fourth-order valence-electron chi connectivity index (χ4n) is 2.03. The van der Waals surface area contributed by atoms with Crippen LogP contribution in [-0.2, 0) is 14.8 Å². The molecule has 3 N–H and O–H groups in total. The molecule has 0 aliphatic rings. The average Bonchev–Trinajstić information content (AvgIpc) is 2.57. The third-order valence-electron chi connectivity index (χ3n) is 3.37. The summed E-state index contributed by atoms with van der Waals surface area (Å²) in [5.41, 5.74) is 0.676. The van der Waals surface area contributed by atoms with Crippen LogP contribution in [0.4, 0.5) is 10.1 Å². The minimum atomic E-state index is -3.59. The summed E-state index contributed by atoms with van der Waals surface area (Å²) in [5, 5.41) is 6.04. The highest BCUT2D eigenvalue weighted by atomic mass is 32.2. The second-order valence-electron chi connectivity index (χ2n) is 5.62. The van der Waals surface area contributed by atoms with Crippen LogP contribution in [-0.4, -0.2) is 53.0 Å². The Morgan fingerprint density at radius 1 is 1.27 bits per heavy atom. The Labute approximate surface area is 155 Å². The molecule has 0 saturated carbocycles. The van der Waals surface area contributed by atoms with Crippen LogP contribution in [0.15, 0.2) is 23.2 Å². The number of hydrogen-bond acceptors (Lipinski definition) is 4. The van der Waals surface area contributed by atoms with Gasteiger partial charge in [-0.2, -0.15) is 0 Å². The van der Waals surface area contributed by atoms with E-state index in [1.165, 1.54) is 18.2 Å². The molecule has 0 spiro atoms. The molecule has 0 aliphatic heterocycles. The Morgan fingerprint density at radius 3 is 2.69 bits per heavy atom. The van der Waals surface area contributed by atoms with Crippen LogP contribution < -0.4 is 15.4 Å². The van der Waals surface area contributed by atoms with Gasteiger partial charge in [-0.3, -0.25) is 9.71 Å². The zero-order chi connectivity index (χ0) is 19.4. The average molecular weight is 389 g/mol. The first-order chi connectivity index (χ1) is 12.4. The van der Waals surface area contributed by atoms with Crippen molar-refractivity contribution in [1.82, 2.24) is 10.6 Å². The topological polar surface area (TPSA) is 91.8 Å². The van der Waals surface area contributed by atoms with Crippen LogP contribution in [0.2, 0.25) is 0 Å². The Kier molecular flexibility index (Phi) is 9.97. The van der Waals surface area contributed by atoms with Crippen LogP contribution in [0, 0.1) is 12.7 Å². The molecule has 7 nitrogen and oxygen atoms in total. The number of guanidine groups is 1. The number of nitrogens with zero attached hydrogens (tertiary/aromatic N) is 1. The third-order valence-corrected chi connectivity index (χ3v) is 4.66. The van der Waals surface area contributed by atoms with E-state index in [2.05, 4.69) is 20.3 Å². The van der Waals surface area contributed by atoms with Gasteiger partial charge < -0.3 is 15.4 Å². The molecule has 0 radical (unpaired) electrons. The molecule has 0 aliphatic carbocycles. The van der Waals surface area contributed by atoms with Crippen molar-refractivity contribution >= 4 is 21.7 Å². The van der Waals surface area contributed by atoms with Gasteiger partial charge in [0.05, 0.1) is 11.4 Å². The fourth-order valence-corrected chi connectivity index (χ4v) is 2.99. The lowest BCUT2D eigenvalue weighted by molar-refractivity contribution is 0.146. The molecule has 9 heteroatoms. The van der Waals surface area contributed by atoms with Crippen LogP contribution >= 0.6 is 0 Å². The number of ether oxygens (including phenoxy) is 1.